The average Bonchev–Trinajstić information content (AvgIpc) is 2.82. The van der Waals surface area contributed by atoms with Gasteiger partial charge in [-0.05, 0) is 59.7 Å². The number of amides is 1. The minimum atomic E-state index is -3.68. The van der Waals surface area contributed by atoms with Crippen LogP contribution in [0.5, 0.6) is 11.5 Å². The molecule has 8 heteroatoms. The van der Waals surface area contributed by atoms with Crippen LogP contribution in [0.1, 0.15) is 51.2 Å². The molecule has 1 saturated heterocycles. The van der Waals surface area contributed by atoms with Gasteiger partial charge in [-0.25, -0.2) is 8.42 Å². The molecule has 0 saturated carbocycles. The zero-order valence-electron chi connectivity index (χ0n) is 20.6. The van der Waals surface area contributed by atoms with Crippen molar-refractivity contribution in [1.82, 2.24) is 4.31 Å². The summed E-state index contributed by atoms with van der Waals surface area (Å²) in [7, 11) is -0.679. The molecule has 1 amide bonds. The van der Waals surface area contributed by atoms with Gasteiger partial charge in [-0.1, -0.05) is 39.3 Å². The fourth-order valence-electron chi connectivity index (χ4n) is 3.86. The number of carbonyl (C=O) groups excluding carboxylic acids is 1. The maximum Gasteiger partial charge on any atom is 0.248 e. The Morgan fingerprint density at radius 1 is 0.971 bits per heavy atom. The number of nitrogens with one attached hydrogen (secondary N) is 1. The molecule has 0 spiro atoms. The highest BCUT2D eigenvalue weighted by Gasteiger charge is 2.29. The monoisotopic (exact) mass is 486 g/mol. The lowest BCUT2D eigenvalue weighted by molar-refractivity contribution is -0.111. The quantitative estimate of drug-likeness (QED) is 0.567. The minimum absolute atomic E-state index is 0.0824. The molecule has 1 aliphatic heterocycles. The first-order valence-corrected chi connectivity index (χ1v) is 12.9. The Hall–Kier alpha value is -2.84. The highest BCUT2D eigenvalue weighted by Crippen LogP contribution is 2.32. The van der Waals surface area contributed by atoms with Gasteiger partial charge in [0.15, 0.2) is 0 Å². The lowest BCUT2D eigenvalue weighted by Gasteiger charge is -2.26. The Morgan fingerprint density at radius 3 is 2.24 bits per heavy atom. The molecule has 184 valence electrons. The molecule has 0 unspecified atom stereocenters. The van der Waals surface area contributed by atoms with Crippen molar-refractivity contribution in [2.75, 3.05) is 32.6 Å². The standard InChI is InChI=1S/C26H34N2O5S/c1-26(2,3)20-11-13-22(32-4)21(18-20)27-25(29)14-10-19-9-12-23(33-5)24(17-19)34(30,31)28-15-7-6-8-16-28/h9-14,17-18H,6-8,15-16H2,1-5H3,(H,27,29). The van der Waals surface area contributed by atoms with E-state index in [0.717, 1.165) is 24.8 Å². The molecule has 7 nitrogen and oxygen atoms in total. The lowest BCUT2D eigenvalue weighted by atomic mass is 9.87. The van der Waals surface area contributed by atoms with Crippen LogP contribution in [-0.4, -0.2) is 45.9 Å². The van der Waals surface area contributed by atoms with Gasteiger partial charge in [-0.3, -0.25) is 4.79 Å². The topological polar surface area (TPSA) is 84.9 Å². The van der Waals surface area contributed by atoms with Crippen LogP contribution in [0.3, 0.4) is 0 Å². The van der Waals surface area contributed by atoms with Crippen molar-refractivity contribution in [3.8, 4) is 11.5 Å². The highest BCUT2D eigenvalue weighted by atomic mass is 32.2. The maximum atomic E-state index is 13.2. The lowest BCUT2D eigenvalue weighted by Crippen LogP contribution is -2.35. The first-order chi connectivity index (χ1) is 16.1. The van der Waals surface area contributed by atoms with Crippen LogP contribution in [-0.2, 0) is 20.2 Å². The molecular weight excluding hydrogens is 452 g/mol. The van der Waals surface area contributed by atoms with Crippen LogP contribution in [0.25, 0.3) is 6.08 Å². The Morgan fingerprint density at radius 2 is 1.62 bits per heavy atom. The zero-order valence-corrected chi connectivity index (χ0v) is 21.4. The first kappa shape index (κ1) is 25.8. The molecule has 1 N–H and O–H groups in total. The summed E-state index contributed by atoms with van der Waals surface area (Å²) in [6, 6.07) is 10.6. The van der Waals surface area contributed by atoms with Gasteiger partial charge in [0, 0.05) is 19.2 Å². The van der Waals surface area contributed by atoms with Crippen LogP contribution < -0.4 is 14.8 Å². The van der Waals surface area contributed by atoms with E-state index >= 15 is 0 Å². The third-order valence-corrected chi connectivity index (χ3v) is 7.79. The molecule has 0 aliphatic carbocycles. The van der Waals surface area contributed by atoms with Crippen LogP contribution in [0.15, 0.2) is 47.4 Å². The van der Waals surface area contributed by atoms with Gasteiger partial charge < -0.3 is 14.8 Å². The van der Waals surface area contributed by atoms with Crippen molar-refractivity contribution in [2.24, 2.45) is 0 Å². The van der Waals surface area contributed by atoms with E-state index in [1.54, 1.807) is 31.4 Å². The normalized spacial score (nSPS) is 15.3. The van der Waals surface area contributed by atoms with Crippen molar-refractivity contribution >= 4 is 27.7 Å². The number of hydrogen-bond donors (Lipinski definition) is 1. The molecule has 0 aromatic heterocycles. The average molecular weight is 487 g/mol. The molecule has 2 aromatic rings. The van der Waals surface area contributed by atoms with Gasteiger partial charge in [-0.2, -0.15) is 4.31 Å². The van der Waals surface area contributed by atoms with E-state index in [0.29, 0.717) is 30.1 Å². The minimum Gasteiger partial charge on any atom is -0.495 e. The number of sulfonamides is 1. The third kappa shape index (κ3) is 5.98. The van der Waals surface area contributed by atoms with Crippen molar-refractivity contribution < 1.29 is 22.7 Å². The molecule has 0 bridgehead atoms. The van der Waals surface area contributed by atoms with E-state index in [4.69, 9.17) is 9.47 Å². The number of ether oxygens (including phenoxy) is 2. The molecule has 1 aliphatic rings. The van der Waals surface area contributed by atoms with Crippen molar-refractivity contribution in [2.45, 2.75) is 50.3 Å². The summed E-state index contributed by atoms with van der Waals surface area (Å²) < 4.78 is 38.6. The molecule has 1 heterocycles. The predicted molar refractivity (Wildman–Crippen MR) is 135 cm³/mol. The van der Waals surface area contributed by atoms with Crippen molar-refractivity contribution in [3.05, 3.63) is 53.6 Å². The highest BCUT2D eigenvalue weighted by molar-refractivity contribution is 7.89. The fraction of sp³-hybridized carbons (Fsp3) is 0.423. The zero-order chi connectivity index (χ0) is 24.9. The van der Waals surface area contributed by atoms with E-state index in [1.807, 2.05) is 18.2 Å². The SMILES string of the molecule is COc1ccc(C(C)(C)C)cc1NC(=O)C=Cc1ccc(OC)c(S(=O)(=O)N2CCCCC2)c1. The Kier molecular flexibility index (Phi) is 8.05. The number of hydrogen-bond acceptors (Lipinski definition) is 5. The van der Waals surface area contributed by atoms with Gasteiger partial charge in [-0.15, -0.1) is 0 Å². The second-order valence-electron chi connectivity index (χ2n) is 9.36. The van der Waals surface area contributed by atoms with Crippen LogP contribution in [0.2, 0.25) is 0 Å². The second-order valence-corrected chi connectivity index (χ2v) is 11.3. The first-order valence-electron chi connectivity index (χ1n) is 11.4. The molecule has 0 radical (unpaired) electrons. The van der Waals surface area contributed by atoms with Crippen LogP contribution in [0.4, 0.5) is 5.69 Å². The second kappa shape index (κ2) is 10.6. The molecular formula is C26H34N2O5S. The number of nitrogens with zero attached hydrogens (tertiary/aromatic N) is 1. The van der Waals surface area contributed by atoms with Gasteiger partial charge in [0.05, 0.1) is 19.9 Å². The van der Waals surface area contributed by atoms with E-state index < -0.39 is 10.0 Å². The number of carbonyl (C=O) groups is 1. The van der Waals surface area contributed by atoms with Crippen LogP contribution >= 0.6 is 0 Å². The Labute approximate surface area is 202 Å². The smallest absolute Gasteiger partial charge is 0.248 e. The largest absolute Gasteiger partial charge is 0.495 e. The molecule has 2 aromatic carbocycles. The van der Waals surface area contributed by atoms with Crippen molar-refractivity contribution in [3.63, 3.8) is 0 Å². The summed E-state index contributed by atoms with van der Waals surface area (Å²) >= 11 is 0. The number of methoxy groups -OCH3 is 2. The Balaban J connectivity index is 1.83. The summed E-state index contributed by atoms with van der Waals surface area (Å²) in [5, 5.41) is 2.86. The summed E-state index contributed by atoms with van der Waals surface area (Å²) in [4.78, 5) is 12.8. The van der Waals surface area contributed by atoms with Gasteiger partial charge in [0.25, 0.3) is 0 Å². The summed E-state index contributed by atoms with van der Waals surface area (Å²) in [6.45, 7) is 7.30. The van der Waals surface area contributed by atoms with E-state index in [1.165, 1.54) is 17.5 Å². The Bertz CT molecular complexity index is 1160. The molecule has 34 heavy (non-hydrogen) atoms. The summed E-state index contributed by atoms with van der Waals surface area (Å²) in [5.41, 5.74) is 2.14. The molecule has 3 rings (SSSR count). The predicted octanol–water partition coefficient (Wildman–Crippen LogP) is 4.83. The van der Waals surface area contributed by atoms with Gasteiger partial charge in [0.1, 0.15) is 16.4 Å². The van der Waals surface area contributed by atoms with Crippen molar-refractivity contribution in [1.29, 1.82) is 0 Å². The third-order valence-electron chi connectivity index (χ3n) is 5.87. The van der Waals surface area contributed by atoms with E-state index in [-0.39, 0.29) is 22.0 Å². The maximum absolute atomic E-state index is 13.2. The van der Waals surface area contributed by atoms with E-state index in [9.17, 15) is 13.2 Å². The number of rotatable bonds is 7. The van der Waals surface area contributed by atoms with Gasteiger partial charge >= 0.3 is 0 Å². The van der Waals surface area contributed by atoms with E-state index in [2.05, 4.69) is 26.1 Å². The summed E-state index contributed by atoms with van der Waals surface area (Å²) in [5.74, 6) is 0.505. The number of benzene rings is 2. The number of anilines is 1. The number of piperidine rings is 1. The molecule has 0 atom stereocenters. The summed E-state index contributed by atoms with van der Waals surface area (Å²) in [6.07, 6.45) is 5.69. The molecule has 1 fully saturated rings. The fourth-order valence-corrected chi connectivity index (χ4v) is 5.57. The van der Waals surface area contributed by atoms with Gasteiger partial charge in [0.2, 0.25) is 15.9 Å². The van der Waals surface area contributed by atoms with Crippen LogP contribution in [0, 0.1) is 0 Å².